The summed E-state index contributed by atoms with van der Waals surface area (Å²) in [6.45, 7) is 0.0652. The van der Waals surface area contributed by atoms with Crippen molar-refractivity contribution < 1.29 is 4.79 Å². The number of fused-ring (bicyclic) bond motifs is 3. The summed E-state index contributed by atoms with van der Waals surface area (Å²) >= 11 is 0. The van der Waals surface area contributed by atoms with Crippen LogP contribution >= 0.6 is 0 Å². The molecular formula is C28H20N4O2. The number of nitrogens with one attached hydrogen (secondary N) is 2. The third kappa shape index (κ3) is 3.33. The molecule has 6 aromatic rings. The lowest BCUT2D eigenvalue weighted by Gasteiger charge is -2.16. The van der Waals surface area contributed by atoms with E-state index in [2.05, 4.69) is 15.3 Å². The van der Waals surface area contributed by atoms with Crippen LogP contribution in [0.5, 0.6) is 0 Å². The van der Waals surface area contributed by atoms with E-state index < -0.39 is 0 Å². The van der Waals surface area contributed by atoms with Gasteiger partial charge in [0.15, 0.2) is 5.43 Å². The second-order valence-corrected chi connectivity index (χ2v) is 8.15. The van der Waals surface area contributed by atoms with Gasteiger partial charge in [0.25, 0.3) is 0 Å². The molecule has 0 saturated heterocycles. The van der Waals surface area contributed by atoms with Crippen molar-refractivity contribution in [3.05, 3.63) is 107 Å². The third-order valence-electron chi connectivity index (χ3n) is 6.03. The Labute approximate surface area is 194 Å². The van der Waals surface area contributed by atoms with Gasteiger partial charge in [-0.1, -0.05) is 48.5 Å². The average Bonchev–Trinajstić information content (AvgIpc) is 3.31. The number of aromatic nitrogens is 3. The van der Waals surface area contributed by atoms with E-state index in [1.165, 1.54) is 0 Å². The van der Waals surface area contributed by atoms with Gasteiger partial charge >= 0.3 is 0 Å². The number of H-pyrrole nitrogens is 1. The highest BCUT2D eigenvalue weighted by molar-refractivity contribution is 5.99. The maximum absolute atomic E-state index is 13.3. The predicted molar refractivity (Wildman–Crippen MR) is 136 cm³/mol. The molecule has 0 unspecified atom stereocenters. The second kappa shape index (κ2) is 8.01. The number of hydrogen-bond donors (Lipinski definition) is 2. The molecule has 164 valence electrons. The Morgan fingerprint density at radius 3 is 2.15 bits per heavy atom. The lowest BCUT2D eigenvalue weighted by atomic mass is 10.1. The van der Waals surface area contributed by atoms with E-state index in [0.717, 1.165) is 27.6 Å². The molecule has 0 spiro atoms. The first-order chi connectivity index (χ1) is 16.7. The van der Waals surface area contributed by atoms with Crippen molar-refractivity contribution in [1.82, 2.24) is 14.5 Å². The highest BCUT2D eigenvalue weighted by Gasteiger charge is 2.15. The van der Waals surface area contributed by atoms with Crippen molar-refractivity contribution in [3.63, 3.8) is 0 Å². The molecular weight excluding hydrogens is 424 g/mol. The molecule has 0 bridgehead atoms. The number of carbonyl (C=O) groups excluding carboxylic acids is 1. The Bertz CT molecular complexity index is 1670. The van der Waals surface area contributed by atoms with Crippen molar-refractivity contribution in [1.29, 1.82) is 0 Å². The third-order valence-corrected chi connectivity index (χ3v) is 6.03. The summed E-state index contributed by atoms with van der Waals surface area (Å²) in [5.41, 5.74) is 4.70. The van der Waals surface area contributed by atoms with Crippen LogP contribution in [-0.2, 0) is 11.3 Å². The summed E-state index contributed by atoms with van der Waals surface area (Å²) < 4.78 is 1.89. The fourth-order valence-electron chi connectivity index (χ4n) is 4.46. The number of amides is 1. The maximum atomic E-state index is 13.3. The van der Waals surface area contributed by atoms with Crippen LogP contribution in [0.2, 0.25) is 0 Å². The van der Waals surface area contributed by atoms with Gasteiger partial charge in [-0.2, -0.15) is 0 Å². The number of pyridine rings is 1. The number of aromatic amines is 1. The van der Waals surface area contributed by atoms with Gasteiger partial charge in [0, 0.05) is 16.3 Å². The lowest BCUT2D eigenvalue weighted by Crippen LogP contribution is -2.21. The molecule has 0 fully saturated rings. The molecule has 2 aromatic heterocycles. The van der Waals surface area contributed by atoms with Crippen molar-refractivity contribution in [2.45, 2.75) is 6.54 Å². The quantitative estimate of drug-likeness (QED) is 0.360. The van der Waals surface area contributed by atoms with E-state index in [0.29, 0.717) is 22.3 Å². The largest absolute Gasteiger partial charge is 0.338 e. The van der Waals surface area contributed by atoms with Gasteiger partial charge < -0.3 is 14.9 Å². The highest BCUT2D eigenvalue weighted by Crippen LogP contribution is 2.28. The molecule has 6 heteroatoms. The Kier molecular flexibility index (Phi) is 4.70. The first-order valence-corrected chi connectivity index (χ1v) is 11.0. The molecule has 0 aliphatic heterocycles. The zero-order valence-corrected chi connectivity index (χ0v) is 18.2. The van der Waals surface area contributed by atoms with Gasteiger partial charge in [-0.3, -0.25) is 9.59 Å². The van der Waals surface area contributed by atoms with Crippen molar-refractivity contribution in [2.24, 2.45) is 0 Å². The minimum Gasteiger partial charge on any atom is -0.338 e. The molecule has 0 atom stereocenters. The van der Waals surface area contributed by atoms with Gasteiger partial charge in [0.05, 0.1) is 27.8 Å². The lowest BCUT2D eigenvalue weighted by molar-refractivity contribution is -0.116. The summed E-state index contributed by atoms with van der Waals surface area (Å²) in [7, 11) is 0. The maximum Gasteiger partial charge on any atom is 0.244 e. The van der Waals surface area contributed by atoms with Crippen LogP contribution in [0.25, 0.3) is 44.2 Å². The molecule has 1 amide bonds. The number of benzene rings is 4. The average molecular weight is 444 g/mol. The zero-order valence-electron chi connectivity index (χ0n) is 18.2. The van der Waals surface area contributed by atoms with E-state index in [1.807, 2.05) is 89.5 Å². The molecule has 2 heterocycles. The number of para-hydroxylation sites is 5. The van der Waals surface area contributed by atoms with Crippen molar-refractivity contribution in [3.8, 4) is 11.4 Å². The van der Waals surface area contributed by atoms with E-state index in [1.54, 1.807) is 12.1 Å². The number of nitrogens with zero attached hydrogens (tertiary/aromatic N) is 2. The molecule has 0 aliphatic carbocycles. The molecule has 2 N–H and O–H groups in total. The van der Waals surface area contributed by atoms with Crippen LogP contribution in [0, 0.1) is 0 Å². The number of imidazole rings is 1. The summed E-state index contributed by atoms with van der Waals surface area (Å²) in [6, 6.07) is 30.2. The molecule has 6 rings (SSSR count). The SMILES string of the molecule is O=C(Cn1c2ccccc2c(=O)c2ccccc21)Nc1ccccc1-c1nc2ccccc2[nH]1. The molecule has 0 radical (unpaired) electrons. The molecule has 34 heavy (non-hydrogen) atoms. The van der Waals surface area contributed by atoms with Crippen LogP contribution in [-0.4, -0.2) is 20.4 Å². The van der Waals surface area contributed by atoms with Crippen LogP contribution in [0.3, 0.4) is 0 Å². The molecule has 0 saturated carbocycles. The normalized spacial score (nSPS) is 11.3. The fourth-order valence-corrected chi connectivity index (χ4v) is 4.46. The Morgan fingerprint density at radius 1 is 0.794 bits per heavy atom. The van der Waals surface area contributed by atoms with E-state index in [-0.39, 0.29) is 17.9 Å². The van der Waals surface area contributed by atoms with Gasteiger partial charge in [-0.05, 0) is 48.5 Å². The number of rotatable bonds is 4. The predicted octanol–water partition coefficient (Wildman–Crippen LogP) is 5.34. The van der Waals surface area contributed by atoms with Crippen LogP contribution in [0.1, 0.15) is 0 Å². The minimum atomic E-state index is -0.192. The number of hydrogen-bond acceptors (Lipinski definition) is 3. The van der Waals surface area contributed by atoms with Crippen LogP contribution in [0.15, 0.2) is 102 Å². The van der Waals surface area contributed by atoms with Gasteiger partial charge in [-0.25, -0.2) is 4.98 Å². The van der Waals surface area contributed by atoms with Gasteiger partial charge in [0.2, 0.25) is 5.91 Å². The monoisotopic (exact) mass is 444 g/mol. The van der Waals surface area contributed by atoms with Crippen molar-refractivity contribution >= 4 is 44.4 Å². The van der Waals surface area contributed by atoms with E-state index >= 15 is 0 Å². The summed E-state index contributed by atoms with van der Waals surface area (Å²) in [5.74, 6) is 0.499. The van der Waals surface area contributed by atoms with E-state index in [4.69, 9.17) is 0 Å². The van der Waals surface area contributed by atoms with Gasteiger partial charge in [0.1, 0.15) is 12.4 Å². The summed E-state index contributed by atoms with van der Waals surface area (Å²) in [6.07, 6.45) is 0. The summed E-state index contributed by atoms with van der Waals surface area (Å²) in [4.78, 5) is 34.2. The molecule has 6 nitrogen and oxygen atoms in total. The van der Waals surface area contributed by atoms with Crippen molar-refractivity contribution in [2.75, 3.05) is 5.32 Å². The second-order valence-electron chi connectivity index (χ2n) is 8.15. The number of carbonyl (C=O) groups is 1. The van der Waals surface area contributed by atoms with Crippen LogP contribution < -0.4 is 10.7 Å². The Hall–Kier alpha value is -4.71. The highest BCUT2D eigenvalue weighted by atomic mass is 16.2. The van der Waals surface area contributed by atoms with Gasteiger partial charge in [-0.15, -0.1) is 0 Å². The van der Waals surface area contributed by atoms with E-state index in [9.17, 15) is 9.59 Å². The first kappa shape index (κ1) is 19.9. The smallest absolute Gasteiger partial charge is 0.244 e. The zero-order chi connectivity index (χ0) is 23.1. The van der Waals surface area contributed by atoms with Crippen LogP contribution in [0.4, 0.5) is 5.69 Å². The molecule has 0 aliphatic rings. The first-order valence-electron chi connectivity index (χ1n) is 11.0. The Morgan fingerprint density at radius 2 is 1.41 bits per heavy atom. The number of anilines is 1. The molecule has 4 aromatic carbocycles. The summed E-state index contributed by atoms with van der Waals surface area (Å²) in [5, 5.41) is 4.24. The topological polar surface area (TPSA) is 79.8 Å². The minimum absolute atomic E-state index is 0.0295. The standard InChI is InChI=1S/C28H20N4O2/c33-26(17-32-24-15-7-2-10-19(24)27(34)20-11-3-8-16-25(20)32)29-21-12-4-1-9-18(21)28-30-22-13-5-6-14-23(22)31-28/h1-16H,17H2,(H,29,33)(H,30,31). The fraction of sp³-hybridized carbons (Fsp3) is 0.0357. The Balaban J connectivity index is 1.39.